The lowest BCUT2D eigenvalue weighted by Crippen LogP contribution is -2.26. The van der Waals surface area contributed by atoms with Gasteiger partial charge < -0.3 is 5.11 Å². The number of carbonyl (C=O) groups excluding carboxylic acids is 2. The molecule has 0 aromatic rings. The van der Waals surface area contributed by atoms with E-state index in [2.05, 4.69) is 45.9 Å². The molecule has 1 atom stereocenters. The van der Waals surface area contributed by atoms with E-state index in [1.807, 2.05) is 6.92 Å². The quantitative estimate of drug-likeness (QED) is 0.252. The molecule has 0 spiro atoms. The molecule has 0 unspecified atom stereocenters. The van der Waals surface area contributed by atoms with E-state index in [9.17, 15) is 14.7 Å². The average Bonchev–Trinajstić information content (AvgIpc) is 2.70. The summed E-state index contributed by atoms with van der Waals surface area (Å²) in [5.74, 6) is -0.0909. The lowest BCUT2D eigenvalue weighted by atomic mass is 9.82. The third kappa shape index (κ3) is 9.24. The maximum absolute atomic E-state index is 12.6. The SMILES string of the molecule is CC(C)=CCC/C(C)=C/CCC(C)=CCC[C@@](C)(O)CCC1=C(C)C(=O)C(C)=C(C)C1=O. The monoisotopic (exact) mass is 440 g/mol. The van der Waals surface area contributed by atoms with Crippen molar-refractivity contribution in [1.29, 1.82) is 0 Å². The van der Waals surface area contributed by atoms with Crippen LogP contribution >= 0.6 is 0 Å². The highest BCUT2D eigenvalue weighted by atomic mass is 16.3. The number of carbonyl (C=O) groups is 2. The third-order valence-corrected chi connectivity index (χ3v) is 6.52. The summed E-state index contributed by atoms with van der Waals surface area (Å²) in [5, 5.41) is 10.8. The minimum Gasteiger partial charge on any atom is -0.390 e. The number of ketones is 2. The summed E-state index contributed by atoms with van der Waals surface area (Å²) in [6.45, 7) is 15.6. The fraction of sp³-hybridized carbons (Fsp3) is 0.586. The Bertz CT molecular complexity index is 853. The van der Waals surface area contributed by atoms with Crippen LogP contribution in [0.5, 0.6) is 0 Å². The van der Waals surface area contributed by atoms with Gasteiger partial charge in [-0.05, 0) is 107 Å². The molecule has 0 bridgehead atoms. The molecule has 0 saturated heterocycles. The molecule has 0 aromatic carbocycles. The van der Waals surface area contributed by atoms with E-state index in [4.69, 9.17) is 0 Å². The molecule has 1 aliphatic carbocycles. The fourth-order valence-electron chi connectivity index (χ4n) is 3.94. The summed E-state index contributed by atoms with van der Waals surface area (Å²) in [6, 6.07) is 0. The lowest BCUT2D eigenvalue weighted by molar-refractivity contribution is -0.116. The smallest absolute Gasteiger partial charge is 0.185 e. The van der Waals surface area contributed by atoms with Crippen LogP contribution in [0, 0.1) is 0 Å². The molecule has 1 aliphatic rings. The summed E-state index contributed by atoms with van der Waals surface area (Å²) in [5.41, 5.74) is 5.48. The second-order valence-electron chi connectivity index (χ2n) is 10.0. The molecule has 0 amide bonds. The van der Waals surface area contributed by atoms with Gasteiger partial charge in [0.1, 0.15) is 0 Å². The van der Waals surface area contributed by atoms with Gasteiger partial charge in [-0.25, -0.2) is 0 Å². The van der Waals surface area contributed by atoms with E-state index in [1.165, 1.54) is 16.7 Å². The van der Waals surface area contributed by atoms with Gasteiger partial charge in [0.15, 0.2) is 11.6 Å². The van der Waals surface area contributed by atoms with Crippen molar-refractivity contribution in [2.24, 2.45) is 0 Å². The van der Waals surface area contributed by atoms with Crippen molar-refractivity contribution in [3.8, 4) is 0 Å². The van der Waals surface area contributed by atoms with Crippen molar-refractivity contribution in [2.45, 2.75) is 112 Å². The van der Waals surface area contributed by atoms with E-state index in [0.717, 1.165) is 32.1 Å². The summed E-state index contributed by atoms with van der Waals surface area (Å²) < 4.78 is 0. The van der Waals surface area contributed by atoms with Crippen molar-refractivity contribution >= 4 is 11.6 Å². The summed E-state index contributed by atoms with van der Waals surface area (Å²) in [7, 11) is 0. The topological polar surface area (TPSA) is 54.4 Å². The van der Waals surface area contributed by atoms with Crippen molar-refractivity contribution in [3.05, 3.63) is 57.2 Å². The van der Waals surface area contributed by atoms with Gasteiger partial charge in [-0.15, -0.1) is 0 Å². The van der Waals surface area contributed by atoms with Gasteiger partial charge in [-0.3, -0.25) is 9.59 Å². The molecular formula is C29H44O3. The predicted molar refractivity (Wildman–Crippen MR) is 136 cm³/mol. The normalized spacial score (nSPS) is 17.8. The van der Waals surface area contributed by atoms with Gasteiger partial charge in [0.2, 0.25) is 0 Å². The van der Waals surface area contributed by atoms with Crippen molar-refractivity contribution in [3.63, 3.8) is 0 Å². The van der Waals surface area contributed by atoms with Crippen LogP contribution in [-0.4, -0.2) is 22.3 Å². The fourth-order valence-corrected chi connectivity index (χ4v) is 3.94. The van der Waals surface area contributed by atoms with E-state index < -0.39 is 5.60 Å². The van der Waals surface area contributed by atoms with E-state index in [1.54, 1.807) is 20.8 Å². The highest BCUT2D eigenvalue weighted by Gasteiger charge is 2.29. The van der Waals surface area contributed by atoms with Crippen molar-refractivity contribution in [2.75, 3.05) is 0 Å². The van der Waals surface area contributed by atoms with Crippen LogP contribution in [0.3, 0.4) is 0 Å². The molecule has 0 fully saturated rings. The van der Waals surface area contributed by atoms with E-state index in [0.29, 0.717) is 41.6 Å². The summed E-state index contributed by atoms with van der Waals surface area (Å²) >= 11 is 0. The highest BCUT2D eigenvalue weighted by Crippen LogP contribution is 2.30. The van der Waals surface area contributed by atoms with Crippen LogP contribution in [0.2, 0.25) is 0 Å². The number of hydrogen-bond acceptors (Lipinski definition) is 3. The van der Waals surface area contributed by atoms with Gasteiger partial charge in [0.05, 0.1) is 5.60 Å². The van der Waals surface area contributed by atoms with Gasteiger partial charge in [-0.2, -0.15) is 0 Å². The molecule has 1 rings (SSSR count). The Morgan fingerprint density at radius 3 is 1.81 bits per heavy atom. The largest absolute Gasteiger partial charge is 0.390 e. The minimum atomic E-state index is -0.862. The molecule has 0 heterocycles. The standard InChI is InChI=1S/C29H44O3/c1-20(2)12-9-13-21(3)14-10-15-22(4)16-11-18-29(8,32)19-17-26-25(7)27(30)23(5)24(6)28(26)31/h12,14,16,32H,9-11,13,15,17-19H2,1-8H3/b21-14+,22-16?/t29-/m1/s1. The highest BCUT2D eigenvalue weighted by molar-refractivity contribution is 6.24. The van der Waals surface area contributed by atoms with Crippen LogP contribution in [0.25, 0.3) is 0 Å². The molecule has 178 valence electrons. The first kappa shape index (κ1) is 28.0. The molecule has 0 aliphatic heterocycles. The first-order chi connectivity index (χ1) is 14.9. The number of allylic oxidation sites excluding steroid dienone is 10. The zero-order valence-electron chi connectivity index (χ0n) is 21.7. The van der Waals surface area contributed by atoms with Crippen molar-refractivity contribution in [1.82, 2.24) is 0 Å². The second-order valence-corrected chi connectivity index (χ2v) is 10.0. The Balaban J connectivity index is 2.49. The Hall–Kier alpha value is -2.00. The number of rotatable bonds is 12. The van der Waals surface area contributed by atoms with Crippen molar-refractivity contribution < 1.29 is 14.7 Å². The van der Waals surface area contributed by atoms with Gasteiger partial charge in [0.25, 0.3) is 0 Å². The molecule has 32 heavy (non-hydrogen) atoms. The minimum absolute atomic E-state index is 0.0449. The van der Waals surface area contributed by atoms with Crippen LogP contribution in [-0.2, 0) is 9.59 Å². The lowest BCUT2D eigenvalue weighted by Gasteiger charge is -2.25. The number of hydrogen-bond donors (Lipinski definition) is 1. The zero-order valence-corrected chi connectivity index (χ0v) is 21.7. The summed E-state index contributed by atoms with van der Waals surface area (Å²) in [6.07, 6.45) is 13.5. The number of aliphatic hydroxyl groups is 1. The first-order valence-corrected chi connectivity index (χ1v) is 12.0. The maximum Gasteiger partial charge on any atom is 0.185 e. The average molecular weight is 441 g/mol. The molecule has 0 saturated carbocycles. The zero-order chi connectivity index (χ0) is 24.5. The molecule has 0 radical (unpaired) electrons. The van der Waals surface area contributed by atoms with E-state index >= 15 is 0 Å². The Labute approximate surface area is 196 Å². The number of Topliss-reactive ketones (excluding diaryl/α,β-unsaturated/α-hetero) is 2. The summed E-state index contributed by atoms with van der Waals surface area (Å²) in [4.78, 5) is 24.9. The van der Waals surface area contributed by atoms with E-state index in [-0.39, 0.29) is 11.6 Å². The molecule has 3 heteroatoms. The van der Waals surface area contributed by atoms with Gasteiger partial charge in [-0.1, -0.05) is 34.9 Å². The van der Waals surface area contributed by atoms with Gasteiger partial charge >= 0.3 is 0 Å². The van der Waals surface area contributed by atoms with Crippen LogP contribution in [0.4, 0.5) is 0 Å². The third-order valence-electron chi connectivity index (χ3n) is 6.52. The second kappa shape index (κ2) is 12.9. The predicted octanol–water partition coefficient (Wildman–Crippen LogP) is 7.52. The van der Waals surface area contributed by atoms with Crippen LogP contribution in [0.15, 0.2) is 57.2 Å². The van der Waals surface area contributed by atoms with Crippen LogP contribution < -0.4 is 0 Å². The van der Waals surface area contributed by atoms with Gasteiger partial charge in [0, 0.05) is 22.3 Å². The first-order valence-electron chi connectivity index (χ1n) is 12.0. The Morgan fingerprint density at radius 1 is 0.750 bits per heavy atom. The molecular weight excluding hydrogens is 396 g/mol. The molecule has 0 aromatic heterocycles. The maximum atomic E-state index is 12.6. The van der Waals surface area contributed by atoms with Crippen LogP contribution in [0.1, 0.15) is 107 Å². The molecule has 3 nitrogen and oxygen atoms in total. The Morgan fingerprint density at radius 2 is 1.25 bits per heavy atom. The Kier molecular flexibility index (Phi) is 11.3. The molecule has 1 N–H and O–H groups in total.